The van der Waals surface area contributed by atoms with Crippen molar-refractivity contribution in [1.29, 1.82) is 0 Å². The standard InChI is InChI=1S/C11H20O2S/c1-4-13-11(12)8(2)5-10-7-14-6-9(10)3/h8-10H,4-7H2,1-3H3. The molecule has 0 N–H and O–H groups in total. The summed E-state index contributed by atoms with van der Waals surface area (Å²) in [6.07, 6.45) is 0.993. The highest BCUT2D eigenvalue weighted by Crippen LogP contribution is 2.33. The van der Waals surface area contributed by atoms with Crippen molar-refractivity contribution >= 4 is 17.7 Å². The normalized spacial score (nSPS) is 28.8. The van der Waals surface area contributed by atoms with Crippen LogP contribution in [-0.4, -0.2) is 24.1 Å². The number of hydrogen-bond acceptors (Lipinski definition) is 3. The molecule has 1 saturated heterocycles. The first kappa shape index (κ1) is 11.9. The Balaban J connectivity index is 2.32. The second-order valence-electron chi connectivity index (χ2n) is 4.16. The minimum absolute atomic E-state index is 0.0309. The van der Waals surface area contributed by atoms with Crippen molar-refractivity contribution in [2.24, 2.45) is 17.8 Å². The zero-order valence-corrected chi connectivity index (χ0v) is 10.1. The Morgan fingerprint density at radius 2 is 2.29 bits per heavy atom. The van der Waals surface area contributed by atoms with E-state index in [9.17, 15) is 4.79 Å². The van der Waals surface area contributed by atoms with E-state index in [0.29, 0.717) is 12.5 Å². The van der Waals surface area contributed by atoms with E-state index in [2.05, 4.69) is 6.92 Å². The van der Waals surface area contributed by atoms with Crippen LogP contribution in [0.4, 0.5) is 0 Å². The zero-order valence-electron chi connectivity index (χ0n) is 9.29. The summed E-state index contributed by atoms with van der Waals surface area (Å²) in [5.41, 5.74) is 0. The molecule has 1 aliphatic rings. The van der Waals surface area contributed by atoms with Crippen molar-refractivity contribution < 1.29 is 9.53 Å². The molecule has 0 aromatic rings. The van der Waals surface area contributed by atoms with E-state index in [4.69, 9.17) is 4.74 Å². The molecule has 1 aliphatic heterocycles. The van der Waals surface area contributed by atoms with Gasteiger partial charge in [-0.1, -0.05) is 13.8 Å². The molecule has 0 spiro atoms. The summed E-state index contributed by atoms with van der Waals surface area (Å²) in [4.78, 5) is 11.4. The van der Waals surface area contributed by atoms with Crippen LogP contribution in [-0.2, 0) is 9.53 Å². The fourth-order valence-corrected chi connectivity index (χ4v) is 3.39. The number of carbonyl (C=O) groups excluding carboxylic acids is 1. The van der Waals surface area contributed by atoms with Crippen molar-refractivity contribution in [3.63, 3.8) is 0 Å². The van der Waals surface area contributed by atoms with Crippen molar-refractivity contribution in [3.05, 3.63) is 0 Å². The molecule has 3 heteroatoms. The topological polar surface area (TPSA) is 26.3 Å². The summed E-state index contributed by atoms with van der Waals surface area (Å²) in [5, 5.41) is 0. The maximum absolute atomic E-state index is 11.4. The number of hydrogen-bond donors (Lipinski definition) is 0. The van der Waals surface area contributed by atoms with Crippen molar-refractivity contribution in [3.8, 4) is 0 Å². The second kappa shape index (κ2) is 5.64. The van der Waals surface area contributed by atoms with Gasteiger partial charge in [0.25, 0.3) is 0 Å². The van der Waals surface area contributed by atoms with Gasteiger partial charge in [-0.05, 0) is 36.7 Å². The Hall–Kier alpha value is -0.180. The summed E-state index contributed by atoms with van der Waals surface area (Å²) >= 11 is 2.01. The fourth-order valence-electron chi connectivity index (χ4n) is 1.84. The molecule has 14 heavy (non-hydrogen) atoms. The van der Waals surface area contributed by atoms with E-state index in [1.807, 2.05) is 25.6 Å². The summed E-state index contributed by atoms with van der Waals surface area (Å²) in [6, 6.07) is 0. The molecule has 0 aromatic carbocycles. The predicted molar refractivity (Wildman–Crippen MR) is 60.4 cm³/mol. The molecule has 0 amide bonds. The van der Waals surface area contributed by atoms with Crippen molar-refractivity contribution in [1.82, 2.24) is 0 Å². The maximum Gasteiger partial charge on any atom is 0.308 e. The molecule has 1 fully saturated rings. The van der Waals surface area contributed by atoms with E-state index in [1.165, 1.54) is 11.5 Å². The molecule has 0 saturated carbocycles. The highest BCUT2D eigenvalue weighted by Gasteiger charge is 2.28. The average molecular weight is 216 g/mol. The van der Waals surface area contributed by atoms with Crippen molar-refractivity contribution in [2.75, 3.05) is 18.1 Å². The molecule has 1 rings (SSSR count). The van der Waals surface area contributed by atoms with E-state index in [0.717, 1.165) is 12.3 Å². The fraction of sp³-hybridized carbons (Fsp3) is 0.909. The van der Waals surface area contributed by atoms with Crippen LogP contribution in [0.1, 0.15) is 27.2 Å². The molecule has 2 nitrogen and oxygen atoms in total. The SMILES string of the molecule is CCOC(=O)C(C)CC1CSCC1C. The van der Waals surface area contributed by atoms with Gasteiger partial charge in [-0.3, -0.25) is 4.79 Å². The molecule has 0 radical (unpaired) electrons. The summed E-state index contributed by atoms with van der Waals surface area (Å²) in [6.45, 7) is 6.62. The third kappa shape index (κ3) is 3.19. The third-order valence-corrected chi connectivity index (χ3v) is 4.29. The second-order valence-corrected chi connectivity index (χ2v) is 5.24. The largest absolute Gasteiger partial charge is 0.466 e. The van der Waals surface area contributed by atoms with Crippen molar-refractivity contribution in [2.45, 2.75) is 27.2 Å². The Bertz CT molecular complexity index is 194. The predicted octanol–water partition coefficient (Wildman–Crippen LogP) is 2.57. The molecule has 1 heterocycles. The van der Waals surface area contributed by atoms with E-state index in [1.54, 1.807) is 0 Å². The van der Waals surface area contributed by atoms with Gasteiger partial charge in [0.2, 0.25) is 0 Å². The first-order valence-electron chi connectivity index (χ1n) is 5.39. The first-order valence-corrected chi connectivity index (χ1v) is 6.55. The first-order chi connectivity index (χ1) is 6.65. The van der Waals surface area contributed by atoms with Gasteiger partial charge >= 0.3 is 5.97 Å². The number of esters is 1. The minimum Gasteiger partial charge on any atom is -0.466 e. The lowest BCUT2D eigenvalue weighted by Gasteiger charge is -2.18. The van der Waals surface area contributed by atoms with Gasteiger partial charge in [0, 0.05) is 0 Å². The summed E-state index contributed by atoms with van der Waals surface area (Å²) in [7, 11) is 0. The van der Waals surface area contributed by atoms with E-state index < -0.39 is 0 Å². The Labute approximate surface area is 90.8 Å². The number of rotatable bonds is 4. The van der Waals surface area contributed by atoms with Crippen LogP contribution in [0.2, 0.25) is 0 Å². The lowest BCUT2D eigenvalue weighted by Crippen LogP contribution is -2.20. The number of carbonyl (C=O) groups is 1. The lowest BCUT2D eigenvalue weighted by atomic mass is 9.89. The Morgan fingerprint density at radius 1 is 1.57 bits per heavy atom. The lowest BCUT2D eigenvalue weighted by molar-refractivity contribution is -0.148. The molecule has 0 bridgehead atoms. The Kier molecular flexibility index (Phi) is 4.79. The van der Waals surface area contributed by atoms with Crippen LogP contribution in [0.5, 0.6) is 0 Å². The highest BCUT2D eigenvalue weighted by molar-refractivity contribution is 7.99. The van der Waals surface area contributed by atoms with E-state index in [-0.39, 0.29) is 11.9 Å². The van der Waals surface area contributed by atoms with E-state index >= 15 is 0 Å². The van der Waals surface area contributed by atoms with Gasteiger partial charge in [-0.15, -0.1) is 0 Å². The van der Waals surface area contributed by atoms with Gasteiger partial charge in [-0.25, -0.2) is 0 Å². The molecular formula is C11H20O2S. The molecule has 3 atom stereocenters. The van der Waals surface area contributed by atoms with Crippen LogP contribution in [0, 0.1) is 17.8 Å². The smallest absolute Gasteiger partial charge is 0.308 e. The Morgan fingerprint density at radius 3 is 2.79 bits per heavy atom. The monoisotopic (exact) mass is 216 g/mol. The van der Waals surface area contributed by atoms with Gasteiger partial charge in [-0.2, -0.15) is 11.8 Å². The molecular weight excluding hydrogens is 196 g/mol. The van der Waals surface area contributed by atoms with Crippen LogP contribution in [0.3, 0.4) is 0 Å². The molecule has 0 aromatic heterocycles. The minimum atomic E-state index is -0.0309. The van der Waals surface area contributed by atoms with Crippen LogP contribution in [0.15, 0.2) is 0 Å². The molecule has 82 valence electrons. The number of ether oxygens (including phenoxy) is 1. The summed E-state index contributed by atoms with van der Waals surface area (Å²) in [5.74, 6) is 3.97. The number of thioether (sulfide) groups is 1. The van der Waals surface area contributed by atoms with Crippen LogP contribution < -0.4 is 0 Å². The van der Waals surface area contributed by atoms with Gasteiger partial charge < -0.3 is 4.74 Å². The van der Waals surface area contributed by atoms with Gasteiger partial charge in [0.15, 0.2) is 0 Å². The maximum atomic E-state index is 11.4. The zero-order chi connectivity index (χ0) is 10.6. The van der Waals surface area contributed by atoms with Gasteiger partial charge in [0.1, 0.15) is 0 Å². The quantitative estimate of drug-likeness (QED) is 0.676. The van der Waals surface area contributed by atoms with Crippen LogP contribution in [0.25, 0.3) is 0 Å². The van der Waals surface area contributed by atoms with Crippen LogP contribution >= 0.6 is 11.8 Å². The van der Waals surface area contributed by atoms with Gasteiger partial charge in [0.05, 0.1) is 12.5 Å². The molecule has 3 unspecified atom stereocenters. The average Bonchev–Trinajstić information content (AvgIpc) is 2.52. The summed E-state index contributed by atoms with van der Waals surface area (Å²) < 4.78 is 5.00. The third-order valence-electron chi connectivity index (χ3n) is 2.86. The molecule has 0 aliphatic carbocycles. The highest BCUT2D eigenvalue weighted by atomic mass is 32.2.